The summed E-state index contributed by atoms with van der Waals surface area (Å²) in [6.07, 6.45) is 5.76. The Morgan fingerprint density at radius 1 is 0.611 bits per heavy atom. The van der Waals surface area contributed by atoms with Crippen molar-refractivity contribution in [2.24, 2.45) is 0 Å². The maximum absolute atomic E-state index is 4.08. The van der Waals surface area contributed by atoms with Crippen LogP contribution < -0.4 is 4.90 Å². The molecule has 8 aromatic rings. The number of benzene rings is 7. The van der Waals surface area contributed by atoms with Crippen LogP contribution in [0.15, 0.2) is 165 Å². The Balaban J connectivity index is 1.26. The molecular weight excluding hydrogens is 653 g/mol. The fourth-order valence-corrected chi connectivity index (χ4v) is 8.75. The lowest BCUT2D eigenvalue weighted by atomic mass is 9.81. The summed E-state index contributed by atoms with van der Waals surface area (Å²) in [5.74, 6) is 0. The molecule has 9 rings (SSSR count). The monoisotopic (exact) mass is 696 g/mol. The van der Waals surface area contributed by atoms with Crippen molar-refractivity contribution < 1.29 is 0 Å². The summed E-state index contributed by atoms with van der Waals surface area (Å²) in [6.45, 7) is 19.4. The molecule has 0 aliphatic heterocycles. The number of rotatable bonds is 7. The van der Waals surface area contributed by atoms with Crippen LogP contribution >= 0.6 is 0 Å². The SMILES string of the molecule is C=C/C=C(\C=C)c1ccc2c(c1)c1cc(C)ccc1n2-c1ccc2c(c1)C(C)(C)c1cc(N(c3ccccc3)c3ccc(C)c(C)c3)c3ccccc3c1-2. The number of aromatic nitrogens is 1. The highest BCUT2D eigenvalue weighted by molar-refractivity contribution is 6.12. The van der Waals surface area contributed by atoms with Crippen molar-refractivity contribution in [2.45, 2.75) is 40.0 Å². The highest BCUT2D eigenvalue weighted by Gasteiger charge is 2.38. The van der Waals surface area contributed by atoms with Crippen molar-refractivity contribution in [3.05, 3.63) is 198 Å². The van der Waals surface area contributed by atoms with Crippen molar-refractivity contribution in [1.29, 1.82) is 0 Å². The zero-order valence-corrected chi connectivity index (χ0v) is 31.7. The van der Waals surface area contributed by atoms with E-state index in [0.29, 0.717) is 0 Å². The van der Waals surface area contributed by atoms with Crippen molar-refractivity contribution in [1.82, 2.24) is 4.57 Å². The third kappa shape index (κ3) is 5.09. The molecular formula is C52H44N2. The predicted molar refractivity (Wildman–Crippen MR) is 233 cm³/mol. The van der Waals surface area contributed by atoms with Crippen LogP contribution in [-0.4, -0.2) is 4.57 Å². The molecule has 0 atom stereocenters. The number of fused-ring (bicyclic) bond motifs is 8. The number of nitrogens with zero attached hydrogens (tertiary/aromatic N) is 2. The zero-order chi connectivity index (χ0) is 37.3. The van der Waals surface area contributed by atoms with Crippen LogP contribution in [0.25, 0.3) is 55.0 Å². The van der Waals surface area contributed by atoms with Gasteiger partial charge < -0.3 is 9.47 Å². The van der Waals surface area contributed by atoms with Gasteiger partial charge in [-0.2, -0.15) is 0 Å². The third-order valence-corrected chi connectivity index (χ3v) is 11.7. The molecule has 0 saturated carbocycles. The van der Waals surface area contributed by atoms with Gasteiger partial charge in [-0.3, -0.25) is 0 Å². The predicted octanol–water partition coefficient (Wildman–Crippen LogP) is 14.4. The van der Waals surface area contributed by atoms with Crippen LogP contribution in [0.1, 0.15) is 47.2 Å². The average Bonchev–Trinajstić information content (AvgIpc) is 3.62. The van der Waals surface area contributed by atoms with Crippen LogP contribution in [0.5, 0.6) is 0 Å². The summed E-state index contributed by atoms with van der Waals surface area (Å²) in [6, 6.07) is 49.8. The summed E-state index contributed by atoms with van der Waals surface area (Å²) in [4.78, 5) is 2.44. The number of hydrogen-bond acceptors (Lipinski definition) is 1. The van der Waals surface area contributed by atoms with E-state index in [-0.39, 0.29) is 5.41 Å². The molecule has 2 nitrogen and oxygen atoms in total. The van der Waals surface area contributed by atoms with E-state index in [1.54, 1.807) is 0 Å². The molecule has 0 fully saturated rings. The van der Waals surface area contributed by atoms with E-state index in [1.165, 1.54) is 82.9 Å². The Kier molecular flexibility index (Phi) is 7.83. The van der Waals surface area contributed by atoms with Crippen LogP contribution in [0.2, 0.25) is 0 Å². The summed E-state index contributed by atoms with van der Waals surface area (Å²) < 4.78 is 2.44. The smallest absolute Gasteiger partial charge is 0.0543 e. The quantitative estimate of drug-likeness (QED) is 0.151. The topological polar surface area (TPSA) is 8.17 Å². The van der Waals surface area contributed by atoms with E-state index in [9.17, 15) is 0 Å². The normalized spacial score (nSPS) is 13.3. The molecule has 54 heavy (non-hydrogen) atoms. The molecule has 2 heteroatoms. The molecule has 262 valence electrons. The van der Waals surface area contributed by atoms with Crippen LogP contribution in [0, 0.1) is 20.8 Å². The lowest BCUT2D eigenvalue weighted by Gasteiger charge is -2.30. The molecule has 1 aliphatic rings. The van der Waals surface area contributed by atoms with Gasteiger partial charge in [-0.25, -0.2) is 0 Å². The van der Waals surface area contributed by atoms with Gasteiger partial charge >= 0.3 is 0 Å². The number of anilines is 3. The summed E-state index contributed by atoms with van der Waals surface area (Å²) in [7, 11) is 0. The second-order valence-electron chi connectivity index (χ2n) is 15.3. The third-order valence-electron chi connectivity index (χ3n) is 11.7. The van der Waals surface area contributed by atoms with Gasteiger partial charge in [-0.05, 0) is 137 Å². The molecule has 0 spiro atoms. The van der Waals surface area contributed by atoms with E-state index in [1.807, 2.05) is 18.2 Å². The number of para-hydroxylation sites is 1. The Hall–Kier alpha value is -6.38. The molecule has 7 aromatic carbocycles. The largest absolute Gasteiger partial charge is 0.310 e. The van der Waals surface area contributed by atoms with Gasteiger partial charge in [0.2, 0.25) is 0 Å². The summed E-state index contributed by atoms with van der Waals surface area (Å²) in [5, 5.41) is 5.00. The number of hydrogen-bond donors (Lipinski definition) is 0. The van der Waals surface area contributed by atoms with E-state index in [0.717, 1.165) is 22.5 Å². The first-order valence-electron chi connectivity index (χ1n) is 18.8. The zero-order valence-electron chi connectivity index (χ0n) is 31.7. The molecule has 0 N–H and O–H groups in total. The van der Waals surface area contributed by atoms with Gasteiger partial charge in [0, 0.05) is 38.6 Å². The van der Waals surface area contributed by atoms with Crippen LogP contribution in [0.3, 0.4) is 0 Å². The van der Waals surface area contributed by atoms with Crippen molar-refractivity contribution in [3.63, 3.8) is 0 Å². The number of allylic oxidation sites excluding steroid dienone is 4. The Bertz CT molecular complexity index is 2860. The van der Waals surface area contributed by atoms with Gasteiger partial charge in [0.05, 0.1) is 16.7 Å². The Morgan fingerprint density at radius 2 is 1.33 bits per heavy atom. The van der Waals surface area contributed by atoms with Gasteiger partial charge in [-0.15, -0.1) is 0 Å². The second kappa shape index (κ2) is 12.6. The molecule has 0 amide bonds. The van der Waals surface area contributed by atoms with E-state index < -0.39 is 0 Å². The minimum atomic E-state index is -0.248. The maximum Gasteiger partial charge on any atom is 0.0543 e. The van der Waals surface area contributed by atoms with E-state index >= 15 is 0 Å². The molecule has 0 unspecified atom stereocenters. The Morgan fingerprint density at radius 3 is 2.07 bits per heavy atom. The molecule has 1 aliphatic carbocycles. The molecule has 0 radical (unpaired) electrons. The van der Waals surface area contributed by atoms with E-state index in [2.05, 4.69) is 191 Å². The first-order valence-corrected chi connectivity index (χ1v) is 18.8. The lowest BCUT2D eigenvalue weighted by molar-refractivity contribution is 0.660. The van der Waals surface area contributed by atoms with Crippen LogP contribution in [-0.2, 0) is 5.41 Å². The van der Waals surface area contributed by atoms with E-state index in [4.69, 9.17) is 0 Å². The first kappa shape index (κ1) is 33.5. The van der Waals surface area contributed by atoms with Crippen molar-refractivity contribution >= 4 is 55.2 Å². The van der Waals surface area contributed by atoms with Gasteiger partial charge in [0.15, 0.2) is 0 Å². The van der Waals surface area contributed by atoms with Gasteiger partial charge in [-0.1, -0.05) is 118 Å². The maximum atomic E-state index is 4.08. The van der Waals surface area contributed by atoms with Crippen molar-refractivity contribution in [3.8, 4) is 16.8 Å². The van der Waals surface area contributed by atoms with Crippen molar-refractivity contribution in [2.75, 3.05) is 4.90 Å². The fraction of sp³-hybridized carbons (Fsp3) is 0.115. The minimum Gasteiger partial charge on any atom is -0.310 e. The van der Waals surface area contributed by atoms with Crippen LogP contribution in [0.4, 0.5) is 17.1 Å². The lowest BCUT2D eigenvalue weighted by Crippen LogP contribution is -2.17. The molecule has 0 saturated heterocycles. The average molecular weight is 697 g/mol. The Labute approximate surface area is 318 Å². The standard InChI is InChI=1S/C52H44N2/c1-8-15-36(9-2)37-22-27-49-45(30-37)44-28-33(3)20-26-48(44)54(49)40-24-25-43-46(31-40)52(6,7)47-32-50(41-18-13-14-19-42(41)51(43)47)53(38-16-11-10-12-17-38)39-23-21-34(4)35(5)29-39/h8-32H,1-2H2,3-7H3/b36-15+. The fourth-order valence-electron chi connectivity index (χ4n) is 8.75. The first-order chi connectivity index (χ1) is 26.2. The summed E-state index contributed by atoms with van der Waals surface area (Å²) in [5.41, 5.74) is 18.2. The van der Waals surface area contributed by atoms with Gasteiger partial charge in [0.25, 0.3) is 0 Å². The highest BCUT2D eigenvalue weighted by Crippen LogP contribution is 2.55. The molecule has 0 bridgehead atoms. The highest BCUT2D eigenvalue weighted by atomic mass is 15.1. The van der Waals surface area contributed by atoms with Gasteiger partial charge in [0.1, 0.15) is 0 Å². The molecule has 1 aromatic heterocycles. The summed E-state index contributed by atoms with van der Waals surface area (Å²) >= 11 is 0. The second-order valence-corrected chi connectivity index (χ2v) is 15.3. The minimum absolute atomic E-state index is 0.248. The molecule has 1 heterocycles. The number of aryl methyl sites for hydroxylation is 3.